The molecule has 0 bridgehead atoms. The van der Waals surface area contributed by atoms with E-state index in [-0.39, 0.29) is 6.17 Å². The van der Waals surface area contributed by atoms with E-state index in [1.807, 2.05) is 24.3 Å². The largest absolute Gasteiger partial charge is 0.456 e. The smallest absolute Gasteiger partial charge is 0.212 e. The third-order valence-corrected chi connectivity index (χ3v) is 12.4. The third-order valence-electron chi connectivity index (χ3n) is 12.4. The first kappa shape index (κ1) is 33.7. The second-order valence-corrected chi connectivity index (χ2v) is 15.8. The minimum Gasteiger partial charge on any atom is -0.456 e. The van der Waals surface area contributed by atoms with Gasteiger partial charge in [0.1, 0.15) is 17.3 Å². The van der Waals surface area contributed by atoms with E-state index in [1.165, 1.54) is 21.5 Å². The average Bonchev–Trinajstić information content (AvgIpc) is 4.00. The second kappa shape index (κ2) is 13.1. The monoisotopic (exact) mass is 781 g/mol. The van der Waals surface area contributed by atoms with Gasteiger partial charge in [0.15, 0.2) is 5.84 Å². The fourth-order valence-corrected chi connectivity index (χ4v) is 9.60. The van der Waals surface area contributed by atoms with Gasteiger partial charge in [-0.25, -0.2) is 4.99 Å². The Kier molecular flexibility index (Phi) is 7.27. The topological polar surface area (TPSA) is 59.8 Å². The van der Waals surface area contributed by atoms with E-state index in [1.54, 1.807) is 0 Å². The summed E-state index contributed by atoms with van der Waals surface area (Å²) >= 11 is 0. The van der Waals surface area contributed by atoms with Crippen LogP contribution in [-0.2, 0) is 0 Å². The molecular formula is C55H35N5O. The van der Waals surface area contributed by atoms with Crippen LogP contribution >= 0.6 is 0 Å². The molecule has 0 aliphatic carbocycles. The number of benzene rings is 9. The highest BCUT2D eigenvalue weighted by molar-refractivity contribution is 6.26. The lowest BCUT2D eigenvalue weighted by Gasteiger charge is -2.25. The second-order valence-electron chi connectivity index (χ2n) is 15.8. The molecule has 61 heavy (non-hydrogen) atoms. The van der Waals surface area contributed by atoms with Crippen molar-refractivity contribution in [3.8, 4) is 16.8 Å². The minimum absolute atomic E-state index is 0.379. The van der Waals surface area contributed by atoms with Crippen molar-refractivity contribution in [3.63, 3.8) is 0 Å². The van der Waals surface area contributed by atoms with E-state index < -0.39 is 0 Å². The molecule has 3 aromatic heterocycles. The molecule has 13 rings (SSSR count). The van der Waals surface area contributed by atoms with Crippen LogP contribution in [0.3, 0.4) is 0 Å². The van der Waals surface area contributed by atoms with Crippen LogP contribution in [0.15, 0.2) is 215 Å². The molecule has 0 spiro atoms. The summed E-state index contributed by atoms with van der Waals surface area (Å²) in [6.45, 7) is 0. The van der Waals surface area contributed by atoms with Gasteiger partial charge in [-0.3, -0.25) is 4.57 Å². The fraction of sp³-hybridized carbons (Fsp3) is 0.0182. The quantitative estimate of drug-likeness (QED) is 0.193. The van der Waals surface area contributed by atoms with Crippen LogP contribution < -0.4 is 5.32 Å². The maximum absolute atomic E-state index is 6.24. The Labute approximate surface area is 349 Å². The highest BCUT2D eigenvalue weighted by Crippen LogP contribution is 2.42. The fourth-order valence-electron chi connectivity index (χ4n) is 9.60. The molecule has 6 nitrogen and oxygen atoms in total. The lowest BCUT2D eigenvalue weighted by atomic mass is 9.98. The van der Waals surface area contributed by atoms with Gasteiger partial charge in [-0.1, -0.05) is 164 Å². The van der Waals surface area contributed by atoms with Gasteiger partial charge in [0, 0.05) is 43.6 Å². The number of hydrogen-bond donors (Lipinski definition) is 1. The van der Waals surface area contributed by atoms with E-state index in [2.05, 4.69) is 190 Å². The van der Waals surface area contributed by atoms with Crippen LogP contribution in [0.4, 0.5) is 0 Å². The van der Waals surface area contributed by atoms with Crippen molar-refractivity contribution in [3.05, 3.63) is 211 Å². The molecule has 0 saturated heterocycles. The predicted molar refractivity (Wildman–Crippen MR) is 252 cm³/mol. The van der Waals surface area contributed by atoms with Crippen molar-refractivity contribution in [1.29, 1.82) is 0 Å². The number of nitrogens with zero attached hydrogens (tertiary/aromatic N) is 4. The summed E-state index contributed by atoms with van der Waals surface area (Å²) in [5.74, 6) is 1.38. The van der Waals surface area contributed by atoms with Crippen LogP contribution in [0, 0.1) is 0 Å². The van der Waals surface area contributed by atoms with Crippen molar-refractivity contribution < 1.29 is 4.42 Å². The maximum Gasteiger partial charge on any atom is 0.212 e. The SMILES string of the molecule is c1ccc(C2N=C(c3ccc(-c4cccc5oc6ccccc6c45)cc3)N=C(n3c4ccccc4c4ccc5c6ccccc6n(-c6ccc7ccccc7c6)c5c43)N2)cc1. The lowest BCUT2D eigenvalue weighted by molar-refractivity contribution is 0.661. The molecule has 4 heterocycles. The number of nitrogens with one attached hydrogen (secondary N) is 1. The van der Waals surface area contributed by atoms with Gasteiger partial charge in [-0.2, -0.15) is 4.99 Å². The minimum atomic E-state index is -0.379. The first-order valence-electron chi connectivity index (χ1n) is 20.7. The molecule has 12 aromatic rings. The number of aliphatic imine (C=N–C) groups is 2. The summed E-state index contributed by atoms with van der Waals surface area (Å²) in [7, 11) is 0. The van der Waals surface area contributed by atoms with Gasteiger partial charge in [0.25, 0.3) is 0 Å². The number of rotatable bonds is 4. The molecule has 1 unspecified atom stereocenters. The molecule has 6 heteroatoms. The first-order chi connectivity index (χ1) is 30.2. The van der Waals surface area contributed by atoms with E-state index in [0.717, 1.165) is 82.7 Å². The van der Waals surface area contributed by atoms with E-state index >= 15 is 0 Å². The van der Waals surface area contributed by atoms with Crippen LogP contribution in [0.25, 0.3) is 93.1 Å². The van der Waals surface area contributed by atoms with E-state index in [9.17, 15) is 0 Å². The zero-order valence-corrected chi connectivity index (χ0v) is 32.8. The molecule has 1 atom stereocenters. The van der Waals surface area contributed by atoms with Gasteiger partial charge in [-0.05, 0) is 63.9 Å². The van der Waals surface area contributed by atoms with Crippen molar-refractivity contribution in [2.45, 2.75) is 6.17 Å². The van der Waals surface area contributed by atoms with Crippen LogP contribution in [0.1, 0.15) is 17.3 Å². The average molecular weight is 782 g/mol. The molecule has 1 aliphatic heterocycles. The lowest BCUT2D eigenvalue weighted by Crippen LogP contribution is -2.37. The molecule has 0 saturated carbocycles. The molecule has 286 valence electrons. The Morgan fingerprint density at radius 1 is 0.459 bits per heavy atom. The van der Waals surface area contributed by atoms with Crippen LogP contribution in [-0.4, -0.2) is 20.9 Å². The Bertz CT molecular complexity index is 3790. The van der Waals surface area contributed by atoms with Crippen molar-refractivity contribution >= 4 is 88.1 Å². The molecule has 0 fully saturated rings. The van der Waals surface area contributed by atoms with Gasteiger partial charge < -0.3 is 14.3 Å². The molecule has 0 amide bonds. The zero-order chi connectivity index (χ0) is 40.0. The number of fused-ring (bicyclic) bond motifs is 11. The summed E-state index contributed by atoms with van der Waals surface area (Å²) in [5, 5.41) is 13.2. The van der Waals surface area contributed by atoms with Gasteiger partial charge in [-0.15, -0.1) is 0 Å². The van der Waals surface area contributed by atoms with E-state index in [0.29, 0.717) is 11.8 Å². The normalized spacial score (nSPS) is 14.4. The number of hydrogen-bond acceptors (Lipinski definition) is 4. The summed E-state index contributed by atoms with van der Waals surface area (Å²) in [6, 6.07) is 70.9. The molecule has 9 aromatic carbocycles. The standard InChI is InChI=1S/C55H35N5O/c1-2-14-36(15-3-1)53-56-54(37-27-25-35(26-28-37)40-20-12-24-49-50(40)45-19-8-11-23-48(45)61-49)58-55(57-53)60-47-22-10-7-18-42(47)44-32-31-43-41-17-6-9-21-46(41)59(51(43)52(44)60)39-30-29-34-13-4-5-16-38(34)33-39/h1-33,53H,(H,56,57,58). The summed E-state index contributed by atoms with van der Waals surface area (Å²) in [4.78, 5) is 10.8. The number of para-hydroxylation sites is 3. The van der Waals surface area contributed by atoms with E-state index in [4.69, 9.17) is 14.4 Å². The predicted octanol–water partition coefficient (Wildman–Crippen LogP) is 13.6. The molecule has 0 radical (unpaired) electrons. The molecular weight excluding hydrogens is 747 g/mol. The highest BCUT2D eigenvalue weighted by Gasteiger charge is 2.27. The third kappa shape index (κ3) is 5.15. The maximum atomic E-state index is 6.24. The zero-order valence-electron chi connectivity index (χ0n) is 32.8. The molecule has 1 aliphatic rings. The highest BCUT2D eigenvalue weighted by atomic mass is 16.3. The van der Waals surface area contributed by atoms with Gasteiger partial charge in [0.2, 0.25) is 5.96 Å². The number of amidine groups is 1. The summed E-state index contributed by atoms with van der Waals surface area (Å²) in [5.41, 5.74) is 11.5. The van der Waals surface area contributed by atoms with Crippen LogP contribution in [0.2, 0.25) is 0 Å². The van der Waals surface area contributed by atoms with Crippen molar-refractivity contribution in [1.82, 2.24) is 14.5 Å². The number of furan rings is 1. The van der Waals surface area contributed by atoms with Crippen molar-refractivity contribution in [2.75, 3.05) is 0 Å². The van der Waals surface area contributed by atoms with Gasteiger partial charge >= 0.3 is 0 Å². The Morgan fingerprint density at radius 2 is 1.08 bits per heavy atom. The Hall–Kier alpha value is -8.22. The van der Waals surface area contributed by atoms with Gasteiger partial charge in [0.05, 0.1) is 22.1 Å². The van der Waals surface area contributed by atoms with Crippen molar-refractivity contribution in [2.24, 2.45) is 9.98 Å². The molecule has 1 N–H and O–H groups in total. The Morgan fingerprint density at radius 3 is 1.87 bits per heavy atom. The number of aromatic nitrogens is 2. The summed E-state index contributed by atoms with van der Waals surface area (Å²) in [6.07, 6.45) is -0.379. The Balaban J connectivity index is 1.05. The van der Waals surface area contributed by atoms with Crippen LogP contribution in [0.5, 0.6) is 0 Å². The summed E-state index contributed by atoms with van der Waals surface area (Å²) < 4.78 is 11.0. The first-order valence-corrected chi connectivity index (χ1v) is 20.7.